The average Bonchev–Trinajstić information content (AvgIpc) is 2.11. The lowest BCUT2D eigenvalue weighted by Crippen LogP contribution is -2.25. The standard InChI is InChI=1S/C9H16O4S/c1-2-6(5-14)7(9(12)13)3-4-8(10)11/h6-7,14H,2-5H2,1H3,(H,10,11)(H,12,13). The third kappa shape index (κ3) is 4.50. The second-order valence-electron chi connectivity index (χ2n) is 3.23. The Labute approximate surface area is 88.7 Å². The molecule has 0 saturated heterocycles. The van der Waals surface area contributed by atoms with Gasteiger partial charge in [0.15, 0.2) is 0 Å². The minimum atomic E-state index is -0.953. The van der Waals surface area contributed by atoms with Crippen LogP contribution in [0.5, 0.6) is 0 Å². The maximum absolute atomic E-state index is 10.8. The SMILES string of the molecule is CCC(CS)C(CCC(=O)O)C(=O)O. The van der Waals surface area contributed by atoms with Crippen molar-refractivity contribution < 1.29 is 19.8 Å². The average molecular weight is 220 g/mol. The lowest BCUT2D eigenvalue weighted by Gasteiger charge is -2.19. The summed E-state index contributed by atoms with van der Waals surface area (Å²) in [5.41, 5.74) is 0. The highest BCUT2D eigenvalue weighted by Gasteiger charge is 2.26. The molecule has 4 nitrogen and oxygen atoms in total. The first kappa shape index (κ1) is 13.3. The molecule has 2 N–H and O–H groups in total. The number of rotatable bonds is 7. The number of aliphatic carboxylic acids is 2. The van der Waals surface area contributed by atoms with Crippen molar-refractivity contribution in [3.05, 3.63) is 0 Å². The molecule has 14 heavy (non-hydrogen) atoms. The first-order valence-corrected chi connectivity index (χ1v) is 5.21. The van der Waals surface area contributed by atoms with Crippen molar-refractivity contribution in [2.24, 2.45) is 11.8 Å². The van der Waals surface area contributed by atoms with Gasteiger partial charge in [0, 0.05) is 6.42 Å². The van der Waals surface area contributed by atoms with Crippen molar-refractivity contribution in [1.29, 1.82) is 0 Å². The number of carbonyl (C=O) groups is 2. The van der Waals surface area contributed by atoms with E-state index in [1.54, 1.807) is 0 Å². The van der Waals surface area contributed by atoms with Gasteiger partial charge in [0.05, 0.1) is 5.92 Å². The molecule has 0 bridgehead atoms. The van der Waals surface area contributed by atoms with Crippen molar-refractivity contribution in [2.45, 2.75) is 26.2 Å². The summed E-state index contributed by atoms with van der Waals surface area (Å²) in [6, 6.07) is 0. The van der Waals surface area contributed by atoms with Crippen LogP contribution in [0.2, 0.25) is 0 Å². The zero-order chi connectivity index (χ0) is 11.1. The van der Waals surface area contributed by atoms with Gasteiger partial charge in [0.25, 0.3) is 0 Å². The monoisotopic (exact) mass is 220 g/mol. The van der Waals surface area contributed by atoms with Gasteiger partial charge in [-0.1, -0.05) is 13.3 Å². The molecule has 0 saturated carbocycles. The minimum absolute atomic E-state index is 0.0461. The lowest BCUT2D eigenvalue weighted by atomic mass is 9.88. The second-order valence-corrected chi connectivity index (χ2v) is 3.59. The van der Waals surface area contributed by atoms with Crippen molar-refractivity contribution in [3.8, 4) is 0 Å². The lowest BCUT2D eigenvalue weighted by molar-refractivity contribution is -0.144. The van der Waals surface area contributed by atoms with Gasteiger partial charge in [-0.15, -0.1) is 0 Å². The summed E-state index contributed by atoms with van der Waals surface area (Å²) < 4.78 is 0. The van der Waals surface area contributed by atoms with Gasteiger partial charge in [0.1, 0.15) is 0 Å². The van der Waals surface area contributed by atoms with Crippen molar-refractivity contribution in [2.75, 3.05) is 5.75 Å². The largest absolute Gasteiger partial charge is 0.481 e. The molecule has 82 valence electrons. The number of carboxylic acid groups (broad SMARTS) is 2. The topological polar surface area (TPSA) is 74.6 Å². The molecule has 2 unspecified atom stereocenters. The molecular formula is C9H16O4S. The van der Waals surface area contributed by atoms with Gasteiger partial charge < -0.3 is 10.2 Å². The first-order chi connectivity index (χ1) is 6.52. The molecule has 0 spiro atoms. The van der Waals surface area contributed by atoms with Gasteiger partial charge in [-0.3, -0.25) is 9.59 Å². The minimum Gasteiger partial charge on any atom is -0.481 e. The van der Waals surface area contributed by atoms with Crippen LogP contribution in [0.4, 0.5) is 0 Å². The summed E-state index contributed by atoms with van der Waals surface area (Å²) in [4.78, 5) is 21.2. The number of thiol groups is 1. The Morgan fingerprint density at radius 3 is 2.21 bits per heavy atom. The van der Waals surface area contributed by atoms with E-state index in [1.807, 2.05) is 6.92 Å². The first-order valence-electron chi connectivity index (χ1n) is 4.58. The van der Waals surface area contributed by atoms with Crippen LogP contribution >= 0.6 is 12.6 Å². The van der Waals surface area contributed by atoms with Crippen LogP contribution in [0.15, 0.2) is 0 Å². The van der Waals surface area contributed by atoms with E-state index in [0.29, 0.717) is 12.2 Å². The Morgan fingerprint density at radius 1 is 1.36 bits per heavy atom. The molecule has 0 aliphatic heterocycles. The van der Waals surface area contributed by atoms with E-state index in [9.17, 15) is 9.59 Å². The Bertz CT molecular complexity index is 201. The molecular weight excluding hydrogens is 204 g/mol. The van der Waals surface area contributed by atoms with Crippen molar-refractivity contribution in [3.63, 3.8) is 0 Å². The highest BCUT2D eigenvalue weighted by atomic mass is 32.1. The van der Waals surface area contributed by atoms with Gasteiger partial charge in [-0.05, 0) is 18.1 Å². The van der Waals surface area contributed by atoms with Crippen LogP contribution in [0.1, 0.15) is 26.2 Å². The quantitative estimate of drug-likeness (QED) is 0.568. The maximum atomic E-state index is 10.8. The number of hydrogen-bond donors (Lipinski definition) is 3. The van der Waals surface area contributed by atoms with Gasteiger partial charge in [-0.25, -0.2) is 0 Å². The molecule has 2 atom stereocenters. The van der Waals surface area contributed by atoms with Gasteiger partial charge >= 0.3 is 11.9 Å². The van der Waals surface area contributed by atoms with Crippen molar-refractivity contribution in [1.82, 2.24) is 0 Å². The third-order valence-electron chi connectivity index (χ3n) is 2.31. The zero-order valence-electron chi connectivity index (χ0n) is 8.14. The Balaban J connectivity index is 4.27. The fraction of sp³-hybridized carbons (Fsp3) is 0.778. The van der Waals surface area contributed by atoms with Crippen LogP contribution in [0, 0.1) is 11.8 Å². The fourth-order valence-corrected chi connectivity index (χ4v) is 1.89. The van der Waals surface area contributed by atoms with Crippen LogP contribution in [0.3, 0.4) is 0 Å². The number of carboxylic acids is 2. The van der Waals surface area contributed by atoms with Gasteiger partial charge in [-0.2, -0.15) is 12.6 Å². The summed E-state index contributed by atoms with van der Waals surface area (Å²) >= 11 is 4.06. The van der Waals surface area contributed by atoms with E-state index in [0.717, 1.165) is 0 Å². The predicted molar refractivity (Wildman–Crippen MR) is 55.6 cm³/mol. The maximum Gasteiger partial charge on any atom is 0.306 e. The van der Waals surface area contributed by atoms with Crippen LogP contribution < -0.4 is 0 Å². The van der Waals surface area contributed by atoms with Gasteiger partial charge in [0.2, 0.25) is 0 Å². The molecule has 0 fully saturated rings. The molecule has 0 aromatic rings. The Kier molecular flexibility index (Phi) is 6.36. The second kappa shape index (κ2) is 6.70. The zero-order valence-corrected chi connectivity index (χ0v) is 9.04. The van der Waals surface area contributed by atoms with Crippen LogP contribution in [-0.2, 0) is 9.59 Å². The molecule has 0 rings (SSSR count). The Morgan fingerprint density at radius 2 is 1.93 bits per heavy atom. The van der Waals surface area contributed by atoms with E-state index in [2.05, 4.69) is 12.6 Å². The smallest absolute Gasteiger partial charge is 0.306 e. The Hall–Kier alpha value is -0.710. The normalized spacial score (nSPS) is 14.7. The summed E-state index contributed by atoms with van der Waals surface area (Å²) in [7, 11) is 0. The predicted octanol–water partition coefficient (Wildman–Crippen LogP) is 1.51. The molecule has 0 amide bonds. The molecule has 0 aliphatic carbocycles. The van der Waals surface area contributed by atoms with E-state index in [4.69, 9.17) is 10.2 Å². The van der Waals surface area contributed by atoms with Crippen LogP contribution in [-0.4, -0.2) is 27.9 Å². The molecule has 0 radical (unpaired) electrons. The van der Waals surface area contributed by atoms with E-state index in [1.165, 1.54) is 0 Å². The summed E-state index contributed by atoms with van der Waals surface area (Å²) in [6.45, 7) is 1.89. The molecule has 0 aliphatic rings. The summed E-state index contributed by atoms with van der Waals surface area (Å²) in [6.07, 6.45) is 0.797. The summed E-state index contributed by atoms with van der Waals surface area (Å²) in [5.74, 6) is -2.03. The molecule has 0 aromatic carbocycles. The summed E-state index contributed by atoms with van der Waals surface area (Å²) in [5, 5.41) is 17.4. The van der Waals surface area contributed by atoms with E-state index < -0.39 is 17.9 Å². The van der Waals surface area contributed by atoms with E-state index in [-0.39, 0.29) is 18.8 Å². The highest BCUT2D eigenvalue weighted by Crippen LogP contribution is 2.22. The molecule has 0 aromatic heterocycles. The fourth-order valence-electron chi connectivity index (χ4n) is 1.38. The van der Waals surface area contributed by atoms with E-state index >= 15 is 0 Å². The highest BCUT2D eigenvalue weighted by molar-refractivity contribution is 7.80. The van der Waals surface area contributed by atoms with Crippen molar-refractivity contribution >= 4 is 24.6 Å². The molecule has 0 heterocycles. The number of hydrogen-bond acceptors (Lipinski definition) is 3. The third-order valence-corrected chi connectivity index (χ3v) is 2.78. The van der Waals surface area contributed by atoms with Crippen LogP contribution in [0.25, 0.3) is 0 Å². The molecule has 5 heteroatoms.